The number of halogens is 2. The molecule has 0 saturated carbocycles. The molecule has 0 aliphatic heterocycles. The van der Waals surface area contributed by atoms with E-state index >= 15 is 0 Å². The highest BCUT2D eigenvalue weighted by molar-refractivity contribution is 14.1. The van der Waals surface area contributed by atoms with Crippen LogP contribution in [0.5, 0.6) is 0 Å². The second-order valence-corrected chi connectivity index (χ2v) is 6.41. The lowest BCUT2D eigenvalue weighted by atomic mass is 10.1. The van der Waals surface area contributed by atoms with Crippen molar-refractivity contribution in [3.63, 3.8) is 0 Å². The molecular weight excluding hydrogens is 427 g/mol. The maximum absolute atomic E-state index is 12.1. The van der Waals surface area contributed by atoms with Crippen LogP contribution in [0.25, 0.3) is 0 Å². The van der Waals surface area contributed by atoms with E-state index in [2.05, 4.69) is 43.8 Å². The van der Waals surface area contributed by atoms with Crippen LogP contribution in [0.1, 0.15) is 30.1 Å². The van der Waals surface area contributed by atoms with Gasteiger partial charge in [-0.25, -0.2) is 0 Å². The third-order valence-electron chi connectivity index (χ3n) is 2.40. The first-order valence-corrected chi connectivity index (χ1v) is 7.79. The van der Waals surface area contributed by atoms with Crippen molar-refractivity contribution in [1.29, 1.82) is 0 Å². The van der Waals surface area contributed by atoms with Crippen LogP contribution in [-0.2, 0) is 0 Å². The van der Waals surface area contributed by atoms with Gasteiger partial charge in [0.25, 0.3) is 5.91 Å². The second-order valence-electron chi connectivity index (χ2n) is 3.84. The van der Waals surface area contributed by atoms with Gasteiger partial charge in [-0.05, 0) is 63.1 Å². The Balaban J connectivity index is 2.86. The van der Waals surface area contributed by atoms with Crippen molar-refractivity contribution in [1.82, 2.24) is 5.32 Å². The zero-order valence-electron chi connectivity index (χ0n) is 9.87. The van der Waals surface area contributed by atoms with Crippen LogP contribution in [0.4, 0.5) is 0 Å². The molecule has 0 fully saturated rings. The summed E-state index contributed by atoms with van der Waals surface area (Å²) in [7, 11) is 0. The smallest absolute Gasteiger partial charge is 0.253 e. The van der Waals surface area contributed by atoms with Crippen LogP contribution < -0.4 is 11.1 Å². The molecule has 1 unspecified atom stereocenters. The Hall–Kier alpha value is -0.210. The number of thiocarbonyl (C=S) groups is 1. The summed E-state index contributed by atoms with van der Waals surface area (Å²) >= 11 is 10.5. The Labute approximate surface area is 134 Å². The van der Waals surface area contributed by atoms with Crippen LogP contribution in [0, 0.1) is 3.57 Å². The van der Waals surface area contributed by atoms with Gasteiger partial charge < -0.3 is 11.1 Å². The second kappa shape index (κ2) is 7.40. The average Bonchev–Trinajstić information content (AvgIpc) is 2.31. The van der Waals surface area contributed by atoms with Crippen LogP contribution in [0.3, 0.4) is 0 Å². The monoisotopic (exact) mass is 440 g/mol. The highest BCUT2D eigenvalue weighted by atomic mass is 127. The number of amides is 1. The third-order valence-corrected chi connectivity index (χ3v) is 4.05. The summed E-state index contributed by atoms with van der Waals surface area (Å²) in [6, 6.07) is 5.36. The summed E-state index contributed by atoms with van der Waals surface area (Å²) in [5.41, 5.74) is 6.22. The molecule has 1 atom stereocenters. The quantitative estimate of drug-likeness (QED) is 0.545. The average molecular weight is 441 g/mol. The molecule has 1 aromatic carbocycles. The molecule has 0 heterocycles. The van der Waals surface area contributed by atoms with Gasteiger partial charge in [-0.1, -0.05) is 25.6 Å². The number of hydrogen-bond donors (Lipinski definition) is 2. The summed E-state index contributed by atoms with van der Waals surface area (Å²) in [6.45, 7) is 2.03. The Morgan fingerprint density at radius 1 is 1.61 bits per heavy atom. The zero-order chi connectivity index (χ0) is 13.7. The van der Waals surface area contributed by atoms with E-state index in [-0.39, 0.29) is 11.9 Å². The largest absolute Gasteiger partial charge is 0.392 e. The van der Waals surface area contributed by atoms with Crippen LogP contribution >= 0.6 is 50.7 Å². The van der Waals surface area contributed by atoms with Gasteiger partial charge in [0.05, 0.1) is 16.6 Å². The minimum absolute atomic E-state index is 0.161. The van der Waals surface area contributed by atoms with Gasteiger partial charge in [-0.2, -0.15) is 0 Å². The van der Waals surface area contributed by atoms with E-state index in [1.165, 1.54) is 0 Å². The van der Waals surface area contributed by atoms with Gasteiger partial charge in [0.1, 0.15) is 0 Å². The van der Waals surface area contributed by atoms with Gasteiger partial charge in [0, 0.05) is 8.04 Å². The molecule has 0 radical (unpaired) electrons. The molecule has 1 amide bonds. The van der Waals surface area contributed by atoms with Crippen LogP contribution in [-0.4, -0.2) is 16.9 Å². The van der Waals surface area contributed by atoms with E-state index in [4.69, 9.17) is 18.0 Å². The molecule has 98 valence electrons. The highest BCUT2D eigenvalue weighted by Crippen LogP contribution is 2.19. The first kappa shape index (κ1) is 15.8. The first-order valence-electron chi connectivity index (χ1n) is 5.51. The molecule has 6 heteroatoms. The van der Waals surface area contributed by atoms with E-state index < -0.39 is 0 Å². The summed E-state index contributed by atoms with van der Waals surface area (Å²) in [5, 5.41) is 2.86. The summed E-state index contributed by atoms with van der Waals surface area (Å²) in [4.78, 5) is 12.5. The highest BCUT2D eigenvalue weighted by Gasteiger charge is 2.17. The minimum Gasteiger partial charge on any atom is -0.392 e. The van der Waals surface area contributed by atoms with Crippen molar-refractivity contribution in [3.05, 3.63) is 31.8 Å². The predicted molar refractivity (Wildman–Crippen MR) is 89.8 cm³/mol. The minimum atomic E-state index is -0.248. The van der Waals surface area contributed by atoms with Crippen LogP contribution in [0.15, 0.2) is 22.7 Å². The molecule has 1 aromatic rings. The van der Waals surface area contributed by atoms with Crippen LogP contribution in [0.2, 0.25) is 0 Å². The summed E-state index contributed by atoms with van der Waals surface area (Å²) in [5.74, 6) is -0.161. The molecule has 3 nitrogen and oxygen atoms in total. The molecule has 0 spiro atoms. The third kappa shape index (κ3) is 4.47. The zero-order valence-corrected chi connectivity index (χ0v) is 14.4. The maximum atomic E-state index is 12.1. The Morgan fingerprint density at radius 2 is 2.28 bits per heavy atom. The lowest BCUT2D eigenvalue weighted by molar-refractivity contribution is 0.0945. The summed E-state index contributed by atoms with van der Waals surface area (Å²) in [6.07, 6.45) is 1.67. The van der Waals surface area contributed by atoms with Gasteiger partial charge in [0.2, 0.25) is 0 Å². The number of carbonyl (C=O) groups is 1. The molecular formula is C12H14BrIN2OS. The van der Waals surface area contributed by atoms with Crippen molar-refractivity contribution in [2.24, 2.45) is 5.73 Å². The molecule has 0 saturated heterocycles. The number of carbonyl (C=O) groups excluding carboxylic acids is 1. The first-order chi connectivity index (χ1) is 8.45. The van der Waals surface area contributed by atoms with E-state index in [1.807, 2.05) is 25.1 Å². The van der Waals surface area contributed by atoms with E-state index in [0.717, 1.165) is 20.9 Å². The fourth-order valence-electron chi connectivity index (χ4n) is 1.48. The predicted octanol–water partition coefficient (Wildman–Crippen LogP) is 3.24. The van der Waals surface area contributed by atoms with Gasteiger partial charge in [-0.15, -0.1) is 0 Å². The van der Waals surface area contributed by atoms with Crippen molar-refractivity contribution in [2.75, 3.05) is 0 Å². The Kier molecular flexibility index (Phi) is 6.51. The lowest BCUT2D eigenvalue weighted by Crippen LogP contribution is -2.43. The molecule has 0 aliphatic rings. The fraction of sp³-hybridized carbons (Fsp3) is 0.333. The molecule has 0 aliphatic carbocycles. The Morgan fingerprint density at radius 3 is 2.83 bits per heavy atom. The number of benzene rings is 1. The number of rotatable bonds is 5. The lowest BCUT2D eigenvalue weighted by Gasteiger charge is -2.17. The molecule has 1 rings (SSSR count). The number of hydrogen-bond acceptors (Lipinski definition) is 2. The number of nitrogens with two attached hydrogens (primary N) is 1. The van der Waals surface area contributed by atoms with E-state index in [1.54, 1.807) is 0 Å². The van der Waals surface area contributed by atoms with Crippen molar-refractivity contribution in [3.8, 4) is 0 Å². The molecule has 0 aromatic heterocycles. The van der Waals surface area contributed by atoms with E-state index in [0.29, 0.717) is 10.6 Å². The molecule has 0 bridgehead atoms. The van der Waals surface area contributed by atoms with E-state index in [9.17, 15) is 4.79 Å². The maximum Gasteiger partial charge on any atom is 0.253 e. The van der Waals surface area contributed by atoms with Gasteiger partial charge in [-0.3, -0.25) is 4.79 Å². The molecule has 18 heavy (non-hydrogen) atoms. The van der Waals surface area contributed by atoms with Crippen molar-refractivity contribution < 1.29 is 4.79 Å². The van der Waals surface area contributed by atoms with Crippen molar-refractivity contribution >= 4 is 61.6 Å². The summed E-state index contributed by atoms with van der Waals surface area (Å²) < 4.78 is 1.77. The normalized spacial score (nSPS) is 11.9. The van der Waals surface area contributed by atoms with Gasteiger partial charge in [0.15, 0.2) is 0 Å². The standard InChI is InChI=1S/C12H14BrIN2OS/c1-2-3-10(11(15)18)16-12(17)8-6-7(14)4-5-9(8)13/h4-6,10H,2-3H2,1H3,(H2,15,18)(H,16,17). The Bertz CT molecular complexity index is 467. The van der Waals surface area contributed by atoms with Gasteiger partial charge >= 0.3 is 0 Å². The topological polar surface area (TPSA) is 55.1 Å². The fourth-order valence-corrected chi connectivity index (χ4v) is 2.58. The van der Waals surface area contributed by atoms with Crippen molar-refractivity contribution in [2.45, 2.75) is 25.8 Å². The number of nitrogens with one attached hydrogen (secondary N) is 1. The molecule has 3 N–H and O–H groups in total. The SMILES string of the molecule is CCCC(NC(=O)c1cc(I)ccc1Br)C(N)=S.